The van der Waals surface area contributed by atoms with E-state index in [0.717, 1.165) is 11.3 Å². The Morgan fingerprint density at radius 3 is 2.50 bits per heavy atom. The molecule has 1 aromatic carbocycles. The Balaban J connectivity index is 1.85. The molecule has 0 saturated carbocycles. The summed E-state index contributed by atoms with van der Waals surface area (Å²) in [4.78, 5) is 38.9. The predicted octanol–water partition coefficient (Wildman–Crippen LogP) is -1.47. The number of nitrogens with zero attached hydrogens (tertiary/aromatic N) is 1. The van der Waals surface area contributed by atoms with E-state index >= 15 is 0 Å². The maximum atomic E-state index is 12.2. The summed E-state index contributed by atoms with van der Waals surface area (Å²) in [6.45, 7) is 2.50. The fourth-order valence-corrected chi connectivity index (χ4v) is 2.93. The Labute approximate surface area is 174 Å². The second kappa shape index (κ2) is 11.1. The van der Waals surface area contributed by atoms with Crippen LogP contribution in [0.5, 0.6) is 0 Å². The maximum absolute atomic E-state index is 12.2. The van der Waals surface area contributed by atoms with E-state index in [-0.39, 0.29) is 43.3 Å². The number of carbonyl (C=O) groups excluding carboxylic acids is 3. The summed E-state index contributed by atoms with van der Waals surface area (Å²) < 4.78 is 5.10. The van der Waals surface area contributed by atoms with Crippen LogP contribution in [-0.4, -0.2) is 55.1 Å². The highest BCUT2D eigenvalue weighted by Crippen LogP contribution is 2.14. The molecular formula is C19H29N7O4. The van der Waals surface area contributed by atoms with Gasteiger partial charge in [-0.1, -0.05) is 12.1 Å². The number of hydrogen-bond donors (Lipinski definition) is 6. The SMILES string of the molecule is CC(CCC(=O)N=C(N)N)Nc1ccc(CC(NC(=O)C2COCN2)C(N)=O)cc1. The molecule has 9 N–H and O–H groups in total. The molecule has 11 heteroatoms. The van der Waals surface area contributed by atoms with Gasteiger partial charge >= 0.3 is 0 Å². The van der Waals surface area contributed by atoms with Gasteiger partial charge in [-0.05, 0) is 31.0 Å². The van der Waals surface area contributed by atoms with E-state index < -0.39 is 18.0 Å². The Hall–Kier alpha value is -3.18. The number of anilines is 1. The van der Waals surface area contributed by atoms with Crippen molar-refractivity contribution in [2.45, 2.75) is 44.3 Å². The topological polar surface area (TPSA) is 187 Å². The van der Waals surface area contributed by atoms with Gasteiger partial charge in [-0.3, -0.25) is 19.7 Å². The van der Waals surface area contributed by atoms with Crippen LogP contribution in [0.4, 0.5) is 5.69 Å². The monoisotopic (exact) mass is 419 g/mol. The quantitative estimate of drug-likeness (QED) is 0.196. The molecule has 2 rings (SSSR count). The van der Waals surface area contributed by atoms with E-state index in [1.165, 1.54) is 0 Å². The second-order valence-corrected chi connectivity index (χ2v) is 7.15. The van der Waals surface area contributed by atoms with Crippen molar-refractivity contribution >= 4 is 29.4 Å². The van der Waals surface area contributed by atoms with Crippen molar-refractivity contribution in [2.24, 2.45) is 22.2 Å². The van der Waals surface area contributed by atoms with Crippen LogP contribution in [0.3, 0.4) is 0 Å². The molecule has 1 heterocycles. The van der Waals surface area contributed by atoms with Crippen LogP contribution >= 0.6 is 0 Å². The van der Waals surface area contributed by atoms with Crippen LogP contribution in [0.25, 0.3) is 0 Å². The zero-order chi connectivity index (χ0) is 22.1. The lowest BCUT2D eigenvalue weighted by Gasteiger charge is -2.18. The summed E-state index contributed by atoms with van der Waals surface area (Å²) in [7, 11) is 0. The van der Waals surface area contributed by atoms with Gasteiger partial charge in [0.15, 0.2) is 5.96 Å². The summed E-state index contributed by atoms with van der Waals surface area (Å²) in [6, 6.07) is 6.12. The van der Waals surface area contributed by atoms with Crippen molar-refractivity contribution in [3.05, 3.63) is 29.8 Å². The van der Waals surface area contributed by atoms with Crippen LogP contribution in [0.2, 0.25) is 0 Å². The second-order valence-electron chi connectivity index (χ2n) is 7.15. The number of ether oxygens (including phenoxy) is 1. The molecular weight excluding hydrogens is 390 g/mol. The fraction of sp³-hybridized carbons (Fsp3) is 0.474. The number of nitrogens with one attached hydrogen (secondary N) is 3. The lowest BCUT2D eigenvalue weighted by molar-refractivity contribution is -0.128. The highest BCUT2D eigenvalue weighted by molar-refractivity contribution is 5.91. The summed E-state index contributed by atoms with van der Waals surface area (Å²) >= 11 is 0. The van der Waals surface area contributed by atoms with Gasteiger partial charge in [0.25, 0.3) is 0 Å². The molecule has 0 aromatic heterocycles. The first-order chi connectivity index (χ1) is 14.2. The molecule has 1 aromatic rings. The van der Waals surface area contributed by atoms with Gasteiger partial charge in [-0.15, -0.1) is 0 Å². The van der Waals surface area contributed by atoms with Gasteiger partial charge in [0.1, 0.15) is 12.1 Å². The molecule has 3 unspecified atom stereocenters. The van der Waals surface area contributed by atoms with Crippen LogP contribution in [-0.2, 0) is 25.5 Å². The van der Waals surface area contributed by atoms with Crippen molar-refractivity contribution in [2.75, 3.05) is 18.7 Å². The Bertz CT molecular complexity index is 772. The minimum absolute atomic E-state index is 0.0211. The van der Waals surface area contributed by atoms with E-state index in [4.69, 9.17) is 21.9 Å². The van der Waals surface area contributed by atoms with Crippen molar-refractivity contribution in [1.29, 1.82) is 0 Å². The van der Waals surface area contributed by atoms with Crippen LogP contribution in [0.1, 0.15) is 25.3 Å². The molecule has 1 aliphatic rings. The zero-order valence-corrected chi connectivity index (χ0v) is 16.9. The van der Waals surface area contributed by atoms with E-state index in [9.17, 15) is 14.4 Å². The summed E-state index contributed by atoms with van der Waals surface area (Å²) in [6.07, 6.45) is 1.06. The lowest BCUT2D eigenvalue weighted by Crippen LogP contribution is -2.51. The minimum Gasteiger partial charge on any atom is -0.383 e. The first kappa shape index (κ1) is 23.1. The van der Waals surface area contributed by atoms with E-state index in [1.807, 2.05) is 31.2 Å². The Kier molecular flexibility index (Phi) is 8.56. The molecule has 0 bridgehead atoms. The third-order valence-corrected chi connectivity index (χ3v) is 4.54. The average molecular weight is 419 g/mol. The van der Waals surface area contributed by atoms with Gasteiger partial charge in [0.2, 0.25) is 17.7 Å². The van der Waals surface area contributed by atoms with Crippen molar-refractivity contribution < 1.29 is 19.1 Å². The van der Waals surface area contributed by atoms with Crippen molar-refractivity contribution in [3.8, 4) is 0 Å². The third kappa shape index (κ3) is 7.68. The molecule has 3 atom stereocenters. The number of amides is 3. The van der Waals surface area contributed by atoms with Crippen molar-refractivity contribution in [3.63, 3.8) is 0 Å². The molecule has 1 aliphatic heterocycles. The number of nitrogens with two attached hydrogens (primary N) is 3. The maximum Gasteiger partial charge on any atom is 0.248 e. The largest absolute Gasteiger partial charge is 0.383 e. The average Bonchev–Trinajstić information content (AvgIpc) is 3.21. The Morgan fingerprint density at radius 1 is 1.23 bits per heavy atom. The van der Waals surface area contributed by atoms with E-state index in [2.05, 4.69) is 20.9 Å². The van der Waals surface area contributed by atoms with Gasteiger partial charge in [-0.2, -0.15) is 4.99 Å². The molecule has 3 amide bonds. The lowest BCUT2D eigenvalue weighted by atomic mass is 10.0. The molecule has 0 spiro atoms. The zero-order valence-electron chi connectivity index (χ0n) is 16.9. The summed E-state index contributed by atoms with van der Waals surface area (Å²) in [5.41, 5.74) is 17.5. The molecule has 0 radical (unpaired) electrons. The minimum atomic E-state index is -0.820. The summed E-state index contributed by atoms with van der Waals surface area (Å²) in [5, 5.41) is 8.82. The molecule has 1 fully saturated rings. The molecule has 0 aliphatic carbocycles. The fourth-order valence-electron chi connectivity index (χ4n) is 2.93. The van der Waals surface area contributed by atoms with E-state index in [1.54, 1.807) is 0 Å². The molecule has 164 valence electrons. The number of rotatable bonds is 10. The summed E-state index contributed by atoms with van der Waals surface area (Å²) in [5.74, 6) is -1.53. The van der Waals surface area contributed by atoms with Gasteiger partial charge in [0.05, 0.1) is 13.3 Å². The molecule has 1 saturated heterocycles. The van der Waals surface area contributed by atoms with Crippen LogP contribution in [0, 0.1) is 0 Å². The number of carbonyl (C=O) groups is 3. The first-order valence-electron chi connectivity index (χ1n) is 9.63. The van der Waals surface area contributed by atoms with Crippen LogP contribution < -0.4 is 33.2 Å². The smallest absolute Gasteiger partial charge is 0.248 e. The Morgan fingerprint density at radius 2 is 1.93 bits per heavy atom. The molecule has 30 heavy (non-hydrogen) atoms. The number of benzene rings is 1. The standard InChI is InChI=1S/C19H29N7O4/c1-11(2-7-16(27)26-19(21)22)24-13-5-3-12(4-6-13)8-14(17(20)28)25-18(29)15-9-30-10-23-15/h3-6,11,14-15,23-24H,2,7-10H2,1H3,(H2,20,28)(H,25,29)(H4,21,22,26,27). The van der Waals surface area contributed by atoms with Gasteiger partial charge < -0.3 is 32.6 Å². The number of primary amides is 1. The normalized spacial score (nSPS) is 17.6. The first-order valence-corrected chi connectivity index (χ1v) is 9.63. The predicted molar refractivity (Wildman–Crippen MR) is 112 cm³/mol. The third-order valence-electron chi connectivity index (χ3n) is 4.54. The van der Waals surface area contributed by atoms with Gasteiger partial charge in [0, 0.05) is 24.6 Å². The van der Waals surface area contributed by atoms with Crippen LogP contribution in [0.15, 0.2) is 29.3 Å². The number of hydrogen-bond acceptors (Lipinski definition) is 6. The highest BCUT2D eigenvalue weighted by atomic mass is 16.5. The number of aliphatic imine (C=N–C) groups is 1. The number of guanidine groups is 1. The highest BCUT2D eigenvalue weighted by Gasteiger charge is 2.27. The van der Waals surface area contributed by atoms with Gasteiger partial charge in [-0.25, -0.2) is 0 Å². The molecule has 11 nitrogen and oxygen atoms in total. The van der Waals surface area contributed by atoms with E-state index in [0.29, 0.717) is 13.2 Å². The van der Waals surface area contributed by atoms with Crippen molar-refractivity contribution in [1.82, 2.24) is 10.6 Å².